The van der Waals surface area contributed by atoms with Crippen LogP contribution in [0.25, 0.3) is 5.69 Å². The second-order valence-electron chi connectivity index (χ2n) is 8.58. The van der Waals surface area contributed by atoms with Crippen LogP contribution in [-0.2, 0) is 9.59 Å². The highest BCUT2D eigenvalue weighted by Crippen LogP contribution is 2.28. The van der Waals surface area contributed by atoms with Crippen molar-refractivity contribution in [3.8, 4) is 5.69 Å². The highest BCUT2D eigenvalue weighted by Gasteiger charge is 2.47. The van der Waals surface area contributed by atoms with Gasteiger partial charge in [-0.15, -0.1) is 10.2 Å². The number of hydrogen-bond donors (Lipinski definition) is 2. The Bertz CT molecular complexity index is 1050. The van der Waals surface area contributed by atoms with Gasteiger partial charge in [0.1, 0.15) is 5.54 Å². The summed E-state index contributed by atoms with van der Waals surface area (Å²) in [4.78, 5) is 39.5. The summed E-state index contributed by atoms with van der Waals surface area (Å²) >= 11 is 1.21. The Kier molecular flexibility index (Phi) is 6.59. The first-order valence-electron chi connectivity index (χ1n) is 11.2. The number of amides is 4. The van der Waals surface area contributed by atoms with E-state index >= 15 is 0 Å². The summed E-state index contributed by atoms with van der Waals surface area (Å²) in [5.74, 6) is -0.205. The average Bonchev–Trinajstić information content (AvgIpc) is 3.33. The lowest BCUT2D eigenvalue weighted by Crippen LogP contribution is -2.49. The summed E-state index contributed by atoms with van der Waals surface area (Å²) in [5.41, 5.74) is 3.48. The predicted octanol–water partition coefficient (Wildman–Crippen LogP) is 2.41. The van der Waals surface area contributed by atoms with E-state index in [1.54, 1.807) is 13.8 Å². The fraction of sp³-hybridized carbons (Fsp3) is 0.500. The number of nitrogens with zero attached hydrogens (tertiary/aromatic N) is 5. The molecule has 0 radical (unpaired) electrons. The second kappa shape index (κ2) is 9.42. The van der Waals surface area contributed by atoms with Crippen LogP contribution in [0, 0.1) is 6.92 Å². The maximum atomic E-state index is 12.6. The van der Waals surface area contributed by atoms with Crippen LogP contribution in [-0.4, -0.2) is 62.0 Å². The molecule has 4 amide bonds. The number of hydrogen-bond acceptors (Lipinski definition) is 7. The van der Waals surface area contributed by atoms with Gasteiger partial charge in [0.25, 0.3) is 5.91 Å². The Morgan fingerprint density at radius 3 is 2.48 bits per heavy atom. The highest BCUT2D eigenvalue weighted by molar-refractivity contribution is 7.99. The van der Waals surface area contributed by atoms with Crippen molar-refractivity contribution in [3.63, 3.8) is 0 Å². The third-order valence-electron chi connectivity index (χ3n) is 6.08. The SMILES string of the molecule is CC[C@@]1(C)NC(=O)N(NC(=O)CSc2nnc(N3CCCCC3)n2-c2ccc(C)cc2)C1=O. The molecule has 1 atom stereocenters. The number of rotatable bonds is 7. The van der Waals surface area contributed by atoms with Crippen molar-refractivity contribution in [3.05, 3.63) is 29.8 Å². The molecule has 33 heavy (non-hydrogen) atoms. The first-order chi connectivity index (χ1) is 15.8. The molecule has 0 bridgehead atoms. The molecule has 2 N–H and O–H groups in total. The zero-order chi connectivity index (χ0) is 23.6. The van der Waals surface area contributed by atoms with Gasteiger partial charge in [-0.2, -0.15) is 5.01 Å². The Balaban J connectivity index is 1.50. The summed E-state index contributed by atoms with van der Waals surface area (Å²) in [6, 6.07) is 7.44. The molecule has 0 spiro atoms. The number of imide groups is 1. The molecule has 0 saturated carbocycles. The number of piperidine rings is 1. The van der Waals surface area contributed by atoms with Crippen LogP contribution in [0.4, 0.5) is 10.7 Å². The molecule has 0 aliphatic carbocycles. The lowest BCUT2D eigenvalue weighted by molar-refractivity contribution is -0.137. The third-order valence-corrected chi connectivity index (χ3v) is 7.01. The molecule has 2 fully saturated rings. The normalized spacial score (nSPS) is 20.8. The summed E-state index contributed by atoms with van der Waals surface area (Å²) in [6.07, 6.45) is 3.84. The van der Waals surface area contributed by atoms with Crippen LogP contribution < -0.4 is 15.6 Å². The molecule has 10 nitrogen and oxygen atoms in total. The molecule has 0 unspecified atom stereocenters. The van der Waals surface area contributed by atoms with E-state index in [2.05, 4.69) is 25.8 Å². The van der Waals surface area contributed by atoms with E-state index in [4.69, 9.17) is 0 Å². The zero-order valence-corrected chi connectivity index (χ0v) is 19.9. The minimum atomic E-state index is -1.01. The van der Waals surface area contributed by atoms with Gasteiger partial charge in [-0.3, -0.25) is 19.6 Å². The van der Waals surface area contributed by atoms with Crippen LogP contribution in [0.1, 0.15) is 45.1 Å². The van der Waals surface area contributed by atoms with Crippen LogP contribution in [0.5, 0.6) is 0 Å². The van der Waals surface area contributed by atoms with E-state index in [9.17, 15) is 14.4 Å². The topological polar surface area (TPSA) is 112 Å². The fourth-order valence-electron chi connectivity index (χ4n) is 3.89. The van der Waals surface area contributed by atoms with Crippen molar-refractivity contribution in [1.29, 1.82) is 0 Å². The average molecular weight is 472 g/mol. The van der Waals surface area contributed by atoms with Gasteiger partial charge in [-0.05, 0) is 51.7 Å². The summed E-state index contributed by atoms with van der Waals surface area (Å²) in [5, 5.41) is 12.7. The lowest BCUT2D eigenvalue weighted by Gasteiger charge is -2.27. The van der Waals surface area contributed by atoms with E-state index in [1.165, 1.54) is 18.2 Å². The van der Waals surface area contributed by atoms with E-state index in [0.717, 1.165) is 48.1 Å². The predicted molar refractivity (Wildman–Crippen MR) is 125 cm³/mol. The Morgan fingerprint density at radius 1 is 1.15 bits per heavy atom. The number of urea groups is 1. The number of thioether (sulfide) groups is 1. The van der Waals surface area contributed by atoms with Crippen molar-refractivity contribution < 1.29 is 14.4 Å². The van der Waals surface area contributed by atoms with Gasteiger partial charge in [0, 0.05) is 13.1 Å². The van der Waals surface area contributed by atoms with Crippen molar-refractivity contribution in [2.45, 2.75) is 57.1 Å². The number of aromatic nitrogens is 3. The molecule has 176 valence electrons. The number of aryl methyl sites for hydroxylation is 1. The van der Waals surface area contributed by atoms with Crippen LogP contribution in [0.3, 0.4) is 0 Å². The number of anilines is 1. The van der Waals surface area contributed by atoms with Crippen molar-refractivity contribution in [1.82, 2.24) is 30.5 Å². The smallest absolute Gasteiger partial charge is 0.341 e. The number of nitrogens with one attached hydrogen (secondary N) is 2. The maximum Gasteiger partial charge on any atom is 0.344 e. The number of carbonyl (C=O) groups is 3. The molecular weight excluding hydrogens is 442 g/mol. The van der Waals surface area contributed by atoms with Crippen molar-refractivity contribution in [2.75, 3.05) is 23.7 Å². The standard InChI is InChI=1S/C22H29N7O3S/c1-4-22(3)18(31)29(20(32)23-22)26-17(30)14-33-21-25-24-19(27-12-6-5-7-13-27)28(21)16-10-8-15(2)9-11-16/h8-11H,4-7,12-14H2,1-3H3,(H,23,32)(H,26,30)/t22-/m1/s1. The summed E-state index contributed by atoms with van der Waals surface area (Å²) < 4.78 is 1.96. The summed E-state index contributed by atoms with van der Waals surface area (Å²) in [6.45, 7) is 7.30. The molecule has 3 heterocycles. The lowest BCUT2D eigenvalue weighted by atomic mass is 10.00. The molecule has 4 rings (SSSR count). The van der Waals surface area contributed by atoms with Crippen LogP contribution >= 0.6 is 11.8 Å². The first-order valence-corrected chi connectivity index (χ1v) is 12.2. The van der Waals surface area contributed by atoms with Gasteiger partial charge >= 0.3 is 6.03 Å². The first kappa shape index (κ1) is 23.1. The van der Waals surface area contributed by atoms with Gasteiger partial charge in [0.2, 0.25) is 11.9 Å². The van der Waals surface area contributed by atoms with E-state index in [0.29, 0.717) is 11.6 Å². The van der Waals surface area contributed by atoms with E-state index in [-0.39, 0.29) is 5.75 Å². The summed E-state index contributed by atoms with van der Waals surface area (Å²) in [7, 11) is 0. The molecule has 2 aliphatic rings. The molecule has 1 aromatic heterocycles. The zero-order valence-electron chi connectivity index (χ0n) is 19.1. The Morgan fingerprint density at radius 2 is 1.85 bits per heavy atom. The minimum absolute atomic E-state index is 0.0239. The molecule has 1 aromatic carbocycles. The molecular formula is C22H29N7O3S. The quantitative estimate of drug-likeness (QED) is 0.471. The van der Waals surface area contributed by atoms with Gasteiger partial charge in [-0.1, -0.05) is 36.4 Å². The molecule has 11 heteroatoms. The van der Waals surface area contributed by atoms with Crippen LogP contribution in [0.2, 0.25) is 0 Å². The Hall–Kier alpha value is -3.08. The fourth-order valence-corrected chi connectivity index (χ4v) is 4.63. The van der Waals surface area contributed by atoms with E-state index in [1.807, 2.05) is 35.8 Å². The number of carbonyl (C=O) groups excluding carboxylic acids is 3. The van der Waals surface area contributed by atoms with E-state index < -0.39 is 23.4 Å². The minimum Gasteiger partial charge on any atom is -0.341 e. The Labute approximate surface area is 197 Å². The molecule has 2 aliphatic heterocycles. The van der Waals surface area contributed by atoms with Gasteiger partial charge in [-0.25, -0.2) is 4.79 Å². The van der Waals surface area contributed by atoms with Crippen molar-refractivity contribution >= 4 is 35.6 Å². The highest BCUT2D eigenvalue weighted by atomic mass is 32.2. The van der Waals surface area contributed by atoms with Gasteiger partial charge in [0.15, 0.2) is 5.16 Å². The number of benzene rings is 1. The third kappa shape index (κ3) is 4.68. The van der Waals surface area contributed by atoms with Gasteiger partial charge in [0.05, 0.1) is 11.4 Å². The molecule has 2 saturated heterocycles. The van der Waals surface area contributed by atoms with Crippen LogP contribution in [0.15, 0.2) is 29.4 Å². The second-order valence-corrected chi connectivity index (χ2v) is 9.52. The van der Waals surface area contributed by atoms with Gasteiger partial charge < -0.3 is 10.2 Å². The molecule has 2 aromatic rings. The monoisotopic (exact) mass is 471 g/mol. The van der Waals surface area contributed by atoms with Crippen molar-refractivity contribution in [2.24, 2.45) is 0 Å². The maximum absolute atomic E-state index is 12.6. The largest absolute Gasteiger partial charge is 0.344 e. The number of hydrazine groups is 1.